The van der Waals surface area contributed by atoms with Crippen molar-refractivity contribution in [3.05, 3.63) is 23.8 Å². The zero-order chi connectivity index (χ0) is 15.4. The Morgan fingerprint density at radius 3 is 2.57 bits per heavy atom. The molecule has 1 saturated heterocycles. The number of hydrogen-bond donors (Lipinski definition) is 0. The van der Waals surface area contributed by atoms with Crippen molar-refractivity contribution >= 4 is 11.9 Å². The second-order valence-electron chi connectivity index (χ2n) is 4.72. The molecule has 0 saturated carbocycles. The van der Waals surface area contributed by atoms with Crippen molar-refractivity contribution in [1.29, 1.82) is 0 Å². The maximum Gasteiger partial charge on any atom is 0.328 e. The number of likely N-dealkylation sites (tertiary alicyclic amines) is 1. The van der Waals surface area contributed by atoms with Crippen LogP contribution in [0.15, 0.2) is 18.2 Å². The molecule has 1 fully saturated rings. The van der Waals surface area contributed by atoms with E-state index in [1.54, 1.807) is 18.2 Å². The van der Waals surface area contributed by atoms with Crippen LogP contribution in [0, 0.1) is 0 Å². The number of methoxy groups -OCH3 is 3. The summed E-state index contributed by atoms with van der Waals surface area (Å²) in [5.74, 6) is 0.221. The normalized spacial score (nSPS) is 17.5. The first kappa shape index (κ1) is 15.2. The van der Waals surface area contributed by atoms with Crippen molar-refractivity contribution in [2.45, 2.75) is 18.9 Å². The number of hydrogen-bond acceptors (Lipinski definition) is 5. The first-order valence-electron chi connectivity index (χ1n) is 6.73. The Bertz CT molecular complexity index is 543. The third-order valence-electron chi connectivity index (χ3n) is 3.62. The molecule has 1 aromatic rings. The first-order chi connectivity index (χ1) is 10.1. The minimum atomic E-state index is -0.529. The molecule has 1 atom stereocenters. The number of para-hydroxylation sites is 1. The second-order valence-corrected chi connectivity index (χ2v) is 4.72. The molecule has 0 N–H and O–H groups in total. The maximum atomic E-state index is 12.7. The molecule has 21 heavy (non-hydrogen) atoms. The number of carbonyl (C=O) groups excluding carboxylic acids is 2. The van der Waals surface area contributed by atoms with Crippen molar-refractivity contribution in [1.82, 2.24) is 4.90 Å². The van der Waals surface area contributed by atoms with E-state index in [9.17, 15) is 9.59 Å². The molecule has 0 spiro atoms. The molecule has 114 valence electrons. The van der Waals surface area contributed by atoms with E-state index in [2.05, 4.69) is 0 Å². The number of ether oxygens (including phenoxy) is 3. The summed E-state index contributed by atoms with van der Waals surface area (Å²) in [6.45, 7) is 0.527. The quantitative estimate of drug-likeness (QED) is 0.787. The third kappa shape index (κ3) is 2.79. The number of rotatable bonds is 4. The standard InChI is InChI=1S/C15H19NO5/c1-19-12-8-4-6-10(13(12)20-2)14(17)16-9-5-7-11(16)15(18)21-3/h4,6,8,11H,5,7,9H2,1-3H3. The fraction of sp³-hybridized carbons (Fsp3) is 0.467. The van der Waals surface area contributed by atoms with Crippen molar-refractivity contribution in [3.63, 3.8) is 0 Å². The summed E-state index contributed by atoms with van der Waals surface area (Å²) in [5.41, 5.74) is 0.382. The van der Waals surface area contributed by atoms with Crippen LogP contribution in [0.3, 0.4) is 0 Å². The van der Waals surface area contributed by atoms with Gasteiger partial charge in [0, 0.05) is 6.54 Å². The first-order valence-corrected chi connectivity index (χ1v) is 6.73. The Labute approximate surface area is 123 Å². The van der Waals surface area contributed by atoms with Crippen molar-refractivity contribution in [2.75, 3.05) is 27.9 Å². The molecule has 0 aromatic heterocycles. The van der Waals surface area contributed by atoms with Crippen molar-refractivity contribution < 1.29 is 23.8 Å². The van der Waals surface area contributed by atoms with Crippen LogP contribution in [-0.2, 0) is 9.53 Å². The average Bonchev–Trinajstić information content (AvgIpc) is 3.01. The van der Waals surface area contributed by atoms with E-state index >= 15 is 0 Å². The van der Waals surface area contributed by atoms with Crippen LogP contribution in [-0.4, -0.2) is 50.7 Å². The lowest BCUT2D eigenvalue weighted by Gasteiger charge is -2.23. The van der Waals surface area contributed by atoms with Gasteiger partial charge in [0.05, 0.1) is 26.9 Å². The molecule has 2 rings (SSSR count). The number of nitrogens with zero attached hydrogens (tertiary/aromatic N) is 1. The van der Waals surface area contributed by atoms with Gasteiger partial charge < -0.3 is 19.1 Å². The molecule has 1 amide bonds. The summed E-state index contributed by atoms with van der Waals surface area (Å²) in [7, 11) is 4.32. The summed E-state index contributed by atoms with van der Waals surface area (Å²) in [6, 6.07) is 4.57. The lowest BCUT2D eigenvalue weighted by molar-refractivity contribution is -0.145. The molecule has 0 bridgehead atoms. The van der Waals surface area contributed by atoms with E-state index in [0.717, 1.165) is 6.42 Å². The van der Waals surface area contributed by atoms with Crippen LogP contribution in [0.4, 0.5) is 0 Å². The van der Waals surface area contributed by atoms with Gasteiger partial charge in [0.1, 0.15) is 6.04 Å². The van der Waals surface area contributed by atoms with Gasteiger partial charge >= 0.3 is 5.97 Å². The van der Waals surface area contributed by atoms with Gasteiger partial charge in [-0.25, -0.2) is 4.79 Å². The number of benzene rings is 1. The van der Waals surface area contributed by atoms with E-state index in [0.29, 0.717) is 30.0 Å². The van der Waals surface area contributed by atoms with Gasteiger partial charge in [-0.2, -0.15) is 0 Å². The molecule has 1 unspecified atom stereocenters. The average molecular weight is 293 g/mol. The van der Waals surface area contributed by atoms with Gasteiger partial charge in [-0.1, -0.05) is 6.07 Å². The molecule has 1 aliphatic rings. The van der Waals surface area contributed by atoms with Crippen LogP contribution < -0.4 is 9.47 Å². The molecule has 6 heteroatoms. The largest absolute Gasteiger partial charge is 0.493 e. The third-order valence-corrected chi connectivity index (χ3v) is 3.62. The Hall–Kier alpha value is -2.24. The van der Waals surface area contributed by atoms with E-state index in [1.165, 1.54) is 26.2 Å². The molecule has 6 nitrogen and oxygen atoms in total. The fourth-order valence-electron chi connectivity index (χ4n) is 2.60. The highest BCUT2D eigenvalue weighted by atomic mass is 16.5. The van der Waals surface area contributed by atoms with E-state index in [4.69, 9.17) is 14.2 Å². The van der Waals surface area contributed by atoms with Gasteiger partial charge in [-0.15, -0.1) is 0 Å². The highest BCUT2D eigenvalue weighted by Gasteiger charge is 2.36. The Morgan fingerprint density at radius 2 is 1.95 bits per heavy atom. The fourth-order valence-corrected chi connectivity index (χ4v) is 2.60. The number of carbonyl (C=O) groups is 2. The zero-order valence-corrected chi connectivity index (χ0v) is 12.4. The molecular formula is C15H19NO5. The molecule has 0 radical (unpaired) electrons. The monoisotopic (exact) mass is 293 g/mol. The number of esters is 1. The van der Waals surface area contributed by atoms with Gasteiger partial charge in [0.2, 0.25) is 0 Å². The van der Waals surface area contributed by atoms with Gasteiger partial charge in [0.25, 0.3) is 5.91 Å². The van der Waals surface area contributed by atoms with E-state index in [-0.39, 0.29) is 11.9 Å². The molecule has 0 aliphatic carbocycles. The summed E-state index contributed by atoms with van der Waals surface area (Å²) >= 11 is 0. The van der Waals surface area contributed by atoms with Crippen LogP contribution in [0.2, 0.25) is 0 Å². The Kier molecular flexibility index (Phi) is 4.67. The zero-order valence-electron chi connectivity index (χ0n) is 12.4. The second kappa shape index (κ2) is 6.47. The van der Waals surface area contributed by atoms with E-state index in [1.807, 2.05) is 0 Å². The van der Waals surface area contributed by atoms with E-state index < -0.39 is 6.04 Å². The summed E-state index contributed by atoms with van der Waals surface area (Å²) in [4.78, 5) is 26.0. The molecular weight excluding hydrogens is 274 g/mol. The van der Waals surface area contributed by atoms with Crippen molar-refractivity contribution in [2.24, 2.45) is 0 Å². The summed E-state index contributed by atoms with van der Waals surface area (Å²) < 4.78 is 15.2. The maximum absolute atomic E-state index is 12.7. The number of amides is 1. The smallest absolute Gasteiger partial charge is 0.328 e. The summed E-state index contributed by atoms with van der Waals surface area (Å²) in [5, 5.41) is 0. The predicted octanol–water partition coefficient (Wildman–Crippen LogP) is 1.48. The highest BCUT2D eigenvalue weighted by Crippen LogP contribution is 2.33. The van der Waals surface area contributed by atoms with Gasteiger partial charge in [-0.3, -0.25) is 4.79 Å². The lowest BCUT2D eigenvalue weighted by atomic mass is 10.1. The molecule has 1 aliphatic heterocycles. The predicted molar refractivity (Wildman–Crippen MR) is 75.6 cm³/mol. The minimum Gasteiger partial charge on any atom is -0.493 e. The Balaban J connectivity index is 2.34. The minimum absolute atomic E-state index is 0.251. The van der Waals surface area contributed by atoms with Crippen LogP contribution in [0.25, 0.3) is 0 Å². The SMILES string of the molecule is COC(=O)C1CCCN1C(=O)c1cccc(OC)c1OC. The molecule has 1 aromatic carbocycles. The van der Waals surface area contributed by atoms with Crippen LogP contribution >= 0.6 is 0 Å². The van der Waals surface area contributed by atoms with Crippen LogP contribution in [0.5, 0.6) is 11.5 Å². The summed E-state index contributed by atoms with van der Waals surface area (Å²) in [6.07, 6.45) is 1.39. The molecule has 1 heterocycles. The van der Waals surface area contributed by atoms with Crippen molar-refractivity contribution in [3.8, 4) is 11.5 Å². The Morgan fingerprint density at radius 1 is 1.19 bits per heavy atom. The van der Waals surface area contributed by atoms with Gasteiger partial charge in [-0.05, 0) is 25.0 Å². The topological polar surface area (TPSA) is 65.1 Å². The van der Waals surface area contributed by atoms with Gasteiger partial charge in [0.15, 0.2) is 11.5 Å². The highest BCUT2D eigenvalue weighted by molar-refractivity contribution is 6.00. The van der Waals surface area contributed by atoms with Crippen LogP contribution in [0.1, 0.15) is 23.2 Å². The lowest BCUT2D eigenvalue weighted by Crippen LogP contribution is -2.41.